The van der Waals surface area contributed by atoms with Crippen molar-refractivity contribution in [3.63, 3.8) is 0 Å². The van der Waals surface area contributed by atoms with Crippen molar-refractivity contribution in [2.24, 2.45) is 0 Å². The van der Waals surface area contributed by atoms with Gasteiger partial charge in [0, 0.05) is 36.8 Å². The summed E-state index contributed by atoms with van der Waals surface area (Å²) in [6.07, 6.45) is 1.11. The van der Waals surface area contributed by atoms with Crippen molar-refractivity contribution in [1.82, 2.24) is 4.98 Å². The Balaban J connectivity index is 1.56. The fraction of sp³-hybridized carbons (Fsp3) is 0.333. The zero-order chi connectivity index (χ0) is 18.5. The summed E-state index contributed by atoms with van der Waals surface area (Å²) in [5.74, 6) is 0.0215. The first-order chi connectivity index (χ1) is 12.6. The molecular formula is C21H25N3OS. The van der Waals surface area contributed by atoms with E-state index < -0.39 is 0 Å². The molecule has 0 atom stereocenters. The maximum atomic E-state index is 12.2. The number of nitrogens with one attached hydrogen (secondary N) is 1. The zero-order valence-corrected chi connectivity index (χ0v) is 16.3. The maximum absolute atomic E-state index is 12.2. The minimum absolute atomic E-state index is 0.0215. The smallest absolute Gasteiger partial charge is 0.224 e. The Kier molecular flexibility index (Phi) is 5.89. The van der Waals surface area contributed by atoms with Gasteiger partial charge in [-0.2, -0.15) is 0 Å². The number of thiazole rings is 1. The van der Waals surface area contributed by atoms with Gasteiger partial charge in [-0.15, -0.1) is 11.3 Å². The van der Waals surface area contributed by atoms with Gasteiger partial charge in [0.15, 0.2) is 0 Å². The van der Waals surface area contributed by atoms with Crippen molar-refractivity contribution < 1.29 is 4.79 Å². The Morgan fingerprint density at radius 3 is 2.54 bits per heavy atom. The van der Waals surface area contributed by atoms with Crippen molar-refractivity contribution in [3.8, 4) is 0 Å². The molecule has 0 saturated carbocycles. The number of carbonyl (C=O) groups is 1. The minimum atomic E-state index is 0.0215. The number of benzene rings is 2. The van der Waals surface area contributed by atoms with E-state index in [0.717, 1.165) is 22.8 Å². The average molecular weight is 368 g/mol. The SMILES string of the molecule is CCN(c1ccc(NC(=O)CCc2nc3ccccc3s2)cc1)C(C)C. The molecule has 3 aromatic rings. The van der Waals surface area contributed by atoms with E-state index in [1.165, 1.54) is 10.4 Å². The first-order valence-electron chi connectivity index (χ1n) is 9.08. The summed E-state index contributed by atoms with van der Waals surface area (Å²) in [4.78, 5) is 19.1. The molecular weight excluding hydrogens is 342 g/mol. The summed E-state index contributed by atoms with van der Waals surface area (Å²) in [5.41, 5.74) is 3.02. The Morgan fingerprint density at radius 1 is 1.15 bits per heavy atom. The van der Waals surface area contributed by atoms with E-state index in [0.29, 0.717) is 18.9 Å². The third-order valence-corrected chi connectivity index (χ3v) is 5.45. The predicted octanol–water partition coefficient (Wildman–Crippen LogP) is 5.10. The molecule has 2 aromatic carbocycles. The van der Waals surface area contributed by atoms with Gasteiger partial charge in [0.1, 0.15) is 0 Å². The van der Waals surface area contributed by atoms with Crippen LogP contribution in [-0.2, 0) is 11.2 Å². The Morgan fingerprint density at radius 2 is 1.88 bits per heavy atom. The highest BCUT2D eigenvalue weighted by molar-refractivity contribution is 7.18. The molecule has 0 spiro atoms. The number of fused-ring (bicyclic) bond motifs is 1. The number of hydrogen-bond acceptors (Lipinski definition) is 4. The molecule has 1 heterocycles. The van der Waals surface area contributed by atoms with Crippen LogP contribution in [0.25, 0.3) is 10.2 Å². The first kappa shape index (κ1) is 18.4. The molecule has 4 nitrogen and oxygen atoms in total. The quantitative estimate of drug-likeness (QED) is 0.632. The molecule has 0 unspecified atom stereocenters. The van der Waals surface area contributed by atoms with Crippen LogP contribution < -0.4 is 10.2 Å². The van der Waals surface area contributed by atoms with E-state index in [9.17, 15) is 4.79 Å². The van der Waals surface area contributed by atoms with Crippen molar-refractivity contribution in [1.29, 1.82) is 0 Å². The Hall–Kier alpha value is -2.40. The molecule has 26 heavy (non-hydrogen) atoms. The van der Waals surface area contributed by atoms with Crippen LogP contribution in [0.3, 0.4) is 0 Å². The van der Waals surface area contributed by atoms with Gasteiger partial charge in [-0.05, 0) is 57.2 Å². The van der Waals surface area contributed by atoms with Gasteiger partial charge < -0.3 is 10.2 Å². The lowest BCUT2D eigenvalue weighted by atomic mass is 10.2. The number of anilines is 2. The molecule has 3 rings (SSSR count). The second kappa shape index (κ2) is 8.32. The van der Waals surface area contributed by atoms with E-state index in [1.807, 2.05) is 30.3 Å². The molecule has 0 radical (unpaired) electrons. The van der Waals surface area contributed by atoms with Gasteiger partial charge in [0.05, 0.1) is 15.2 Å². The number of aromatic nitrogens is 1. The second-order valence-corrected chi connectivity index (χ2v) is 7.67. The Bertz CT molecular complexity index is 837. The number of para-hydroxylation sites is 1. The minimum Gasteiger partial charge on any atom is -0.369 e. The van der Waals surface area contributed by atoms with Crippen LogP contribution >= 0.6 is 11.3 Å². The van der Waals surface area contributed by atoms with Crippen molar-refractivity contribution in [2.45, 2.75) is 39.7 Å². The number of carbonyl (C=O) groups excluding carboxylic acids is 1. The highest BCUT2D eigenvalue weighted by Crippen LogP contribution is 2.23. The van der Waals surface area contributed by atoms with E-state index in [4.69, 9.17) is 0 Å². The van der Waals surface area contributed by atoms with E-state index in [-0.39, 0.29) is 5.91 Å². The third-order valence-electron chi connectivity index (χ3n) is 4.35. The van der Waals surface area contributed by atoms with Crippen LogP contribution in [0.2, 0.25) is 0 Å². The van der Waals surface area contributed by atoms with Crippen LogP contribution in [-0.4, -0.2) is 23.5 Å². The van der Waals surface area contributed by atoms with Crippen LogP contribution in [0, 0.1) is 0 Å². The summed E-state index contributed by atoms with van der Waals surface area (Å²) in [7, 11) is 0. The third kappa shape index (κ3) is 4.41. The number of rotatable bonds is 7. The molecule has 0 aliphatic heterocycles. The molecule has 0 aliphatic rings. The summed E-state index contributed by atoms with van der Waals surface area (Å²) in [5, 5.41) is 3.99. The lowest BCUT2D eigenvalue weighted by molar-refractivity contribution is -0.116. The number of hydrogen-bond donors (Lipinski definition) is 1. The summed E-state index contributed by atoms with van der Waals surface area (Å²) >= 11 is 1.66. The Labute approximate surface area is 158 Å². The average Bonchev–Trinajstić information content (AvgIpc) is 3.05. The van der Waals surface area contributed by atoms with E-state index >= 15 is 0 Å². The molecule has 5 heteroatoms. The van der Waals surface area contributed by atoms with Gasteiger partial charge in [-0.3, -0.25) is 4.79 Å². The van der Waals surface area contributed by atoms with Gasteiger partial charge >= 0.3 is 0 Å². The topological polar surface area (TPSA) is 45.2 Å². The lowest BCUT2D eigenvalue weighted by Crippen LogP contribution is -2.30. The van der Waals surface area contributed by atoms with Crippen molar-refractivity contribution >= 4 is 38.8 Å². The predicted molar refractivity (Wildman–Crippen MR) is 111 cm³/mol. The monoisotopic (exact) mass is 367 g/mol. The number of nitrogens with zero attached hydrogens (tertiary/aromatic N) is 2. The second-order valence-electron chi connectivity index (χ2n) is 6.55. The standard InChI is InChI=1S/C21H25N3OS/c1-4-24(15(2)3)17-11-9-16(10-12-17)22-20(25)13-14-21-23-18-7-5-6-8-19(18)26-21/h5-12,15H,4,13-14H2,1-3H3,(H,22,25). The number of aryl methyl sites for hydroxylation is 1. The normalized spacial score (nSPS) is 11.1. The van der Waals surface area contributed by atoms with Gasteiger partial charge in [0.25, 0.3) is 0 Å². The summed E-state index contributed by atoms with van der Waals surface area (Å²) < 4.78 is 1.17. The van der Waals surface area contributed by atoms with Crippen LogP contribution in [0.5, 0.6) is 0 Å². The van der Waals surface area contributed by atoms with Crippen LogP contribution in [0.15, 0.2) is 48.5 Å². The lowest BCUT2D eigenvalue weighted by Gasteiger charge is -2.27. The number of amides is 1. The largest absolute Gasteiger partial charge is 0.369 e. The molecule has 0 bridgehead atoms. The molecule has 1 N–H and O–H groups in total. The first-order valence-corrected chi connectivity index (χ1v) is 9.89. The molecule has 0 saturated heterocycles. The summed E-state index contributed by atoms with van der Waals surface area (Å²) in [6.45, 7) is 7.48. The fourth-order valence-corrected chi connectivity index (χ4v) is 4.02. The van der Waals surface area contributed by atoms with E-state index in [1.54, 1.807) is 11.3 Å². The van der Waals surface area contributed by atoms with Gasteiger partial charge in [-0.1, -0.05) is 12.1 Å². The molecule has 1 aromatic heterocycles. The van der Waals surface area contributed by atoms with E-state index in [2.05, 4.69) is 54.2 Å². The van der Waals surface area contributed by atoms with Crippen LogP contribution in [0.4, 0.5) is 11.4 Å². The fourth-order valence-electron chi connectivity index (χ4n) is 3.05. The molecule has 0 aliphatic carbocycles. The van der Waals surface area contributed by atoms with Crippen molar-refractivity contribution in [3.05, 3.63) is 53.5 Å². The maximum Gasteiger partial charge on any atom is 0.224 e. The molecule has 1 amide bonds. The zero-order valence-electron chi connectivity index (χ0n) is 15.5. The van der Waals surface area contributed by atoms with Gasteiger partial charge in [-0.25, -0.2) is 4.98 Å². The van der Waals surface area contributed by atoms with Crippen molar-refractivity contribution in [2.75, 3.05) is 16.8 Å². The molecule has 0 fully saturated rings. The highest BCUT2D eigenvalue weighted by atomic mass is 32.1. The molecule has 136 valence electrons. The van der Waals surface area contributed by atoms with Gasteiger partial charge in [0.2, 0.25) is 5.91 Å². The van der Waals surface area contributed by atoms with Crippen LogP contribution in [0.1, 0.15) is 32.2 Å². The summed E-state index contributed by atoms with van der Waals surface area (Å²) in [6, 6.07) is 16.6. The highest BCUT2D eigenvalue weighted by Gasteiger charge is 2.10.